The largest absolute Gasteiger partial charge is 0.348 e. The molecule has 1 aromatic carbocycles. The molecule has 1 N–H and O–H groups in total. The van der Waals surface area contributed by atoms with Crippen LogP contribution < -0.4 is 5.32 Å². The third kappa shape index (κ3) is 2.87. The van der Waals surface area contributed by atoms with E-state index in [4.69, 9.17) is 0 Å². The fourth-order valence-corrected chi connectivity index (χ4v) is 3.24. The molecule has 1 aromatic heterocycles. The first-order valence-electron chi connectivity index (χ1n) is 7.12. The highest BCUT2D eigenvalue weighted by Gasteiger charge is 2.36. The Kier molecular flexibility index (Phi) is 3.96. The van der Waals surface area contributed by atoms with Crippen LogP contribution in [0.4, 0.5) is 0 Å². The van der Waals surface area contributed by atoms with Crippen molar-refractivity contribution in [1.29, 1.82) is 0 Å². The summed E-state index contributed by atoms with van der Waals surface area (Å²) in [7, 11) is 0. The number of carbonyl (C=O) groups excluding carboxylic acids is 3. The van der Waals surface area contributed by atoms with E-state index in [1.165, 1.54) is 11.3 Å². The van der Waals surface area contributed by atoms with Gasteiger partial charge < -0.3 is 5.32 Å². The summed E-state index contributed by atoms with van der Waals surface area (Å²) >= 11 is 1.52. The van der Waals surface area contributed by atoms with Gasteiger partial charge >= 0.3 is 0 Å². The van der Waals surface area contributed by atoms with E-state index in [1.54, 1.807) is 24.3 Å². The highest BCUT2D eigenvalue weighted by Crippen LogP contribution is 2.22. The van der Waals surface area contributed by atoms with Gasteiger partial charge in [-0.05, 0) is 26.0 Å². The molecule has 2 aromatic rings. The molecule has 3 amide bonds. The smallest absolute Gasteiger partial charge is 0.262 e. The van der Waals surface area contributed by atoms with Crippen LogP contribution in [-0.4, -0.2) is 34.2 Å². The average Bonchev–Trinajstić information content (AvgIpc) is 2.98. The van der Waals surface area contributed by atoms with Gasteiger partial charge in [0.05, 0.1) is 23.4 Å². The van der Waals surface area contributed by atoms with Crippen LogP contribution in [-0.2, 0) is 11.3 Å². The Labute approximate surface area is 137 Å². The highest BCUT2D eigenvalue weighted by atomic mass is 32.1. The van der Waals surface area contributed by atoms with Crippen molar-refractivity contribution in [2.45, 2.75) is 20.4 Å². The van der Waals surface area contributed by atoms with Crippen molar-refractivity contribution in [2.75, 3.05) is 6.54 Å². The summed E-state index contributed by atoms with van der Waals surface area (Å²) in [6.45, 7) is 3.89. The zero-order valence-corrected chi connectivity index (χ0v) is 13.6. The quantitative estimate of drug-likeness (QED) is 0.866. The SMILES string of the molecule is Cc1nc(CNC(=O)CN2C(=O)c3ccccc3C2=O)sc1C. The number of benzene rings is 1. The van der Waals surface area contributed by atoms with E-state index < -0.39 is 11.8 Å². The number of carbonyl (C=O) groups is 3. The summed E-state index contributed by atoms with van der Waals surface area (Å²) in [4.78, 5) is 42.8. The maximum atomic E-state index is 12.2. The molecular formula is C16H15N3O3S. The van der Waals surface area contributed by atoms with E-state index >= 15 is 0 Å². The molecule has 1 aliphatic rings. The Balaban J connectivity index is 1.63. The summed E-state index contributed by atoms with van der Waals surface area (Å²) in [6, 6.07) is 6.57. The normalized spacial score (nSPS) is 13.4. The molecule has 118 valence electrons. The van der Waals surface area contributed by atoms with Crippen LogP contribution in [0, 0.1) is 13.8 Å². The number of hydrogen-bond donors (Lipinski definition) is 1. The summed E-state index contributed by atoms with van der Waals surface area (Å²) in [5.74, 6) is -1.24. The van der Waals surface area contributed by atoms with E-state index in [0.717, 1.165) is 20.5 Å². The molecule has 0 saturated heterocycles. The lowest BCUT2D eigenvalue weighted by atomic mass is 10.1. The van der Waals surface area contributed by atoms with Crippen molar-refractivity contribution in [3.63, 3.8) is 0 Å². The first-order chi connectivity index (χ1) is 11.0. The molecule has 3 rings (SSSR count). The van der Waals surface area contributed by atoms with Crippen molar-refractivity contribution in [3.05, 3.63) is 51.0 Å². The first-order valence-corrected chi connectivity index (χ1v) is 7.94. The van der Waals surface area contributed by atoms with E-state index in [0.29, 0.717) is 17.7 Å². The number of aryl methyl sites for hydroxylation is 2. The molecule has 7 heteroatoms. The lowest BCUT2D eigenvalue weighted by Gasteiger charge is -2.13. The maximum absolute atomic E-state index is 12.2. The van der Waals surface area contributed by atoms with Crippen LogP contribution in [0.1, 0.15) is 36.3 Å². The van der Waals surface area contributed by atoms with Crippen LogP contribution in [0.15, 0.2) is 24.3 Å². The number of amides is 3. The van der Waals surface area contributed by atoms with Gasteiger partial charge in [-0.2, -0.15) is 0 Å². The molecule has 0 aliphatic carbocycles. The van der Waals surface area contributed by atoms with Crippen molar-refractivity contribution in [3.8, 4) is 0 Å². The lowest BCUT2D eigenvalue weighted by molar-refractivity contribution is -0.121. The van der Waals surface area contributed by atoms with Crippen LogP contribution >= 0.6 is 11.3 Å². The van der Waals surface area contributed by atoms with Crippen LogP contribution in [0.25, 0.3) is 0 Å². The van der Waals surface area contributed by atoms with Gasteiger partial charge in [0.25, 0.3) is 11.8 Å². The summed E-state index contributed by atoms with van der Waals surface area (Å²) in [5, 5.41) is 3.50. The van der Waals surface area contributed by atoms with Gasteiger partial charge in [-0.15, -0.1) is 11.3 Å². The summed E-state index contributed by atoms with van der Waals surface area (Å²) < 4.78 is 0. The molecule has 0 atom stereocenters. The molecule has 0 radical (unpaired) electrons. The van der Waals surface area contributed by atoms with Gasteiger partial charge in [0.1, 0.15) is 11.6 Å². The molecule has 23 heavy (non-hydrogen) atoms. The monoisotopic (exact) mass is 329 g/mol. The second kappa shape index (κ2) is 5.92. The fourth-order valence-electron chi connectivity index (χ4n) is 2.37. The number of aromatic nitrogens is 1. The number of nitrogens with one attached hydrogen (secondary N) is 1. The molecular weight excluding hydrogens is 314 g/mol. The Hall–Kier alpha value is -2.54. The van der Waals surface area contributed by atoms with Crippen molar-refractivity contribution in [1.82, 2.24) is 15.2 Å². The Bertz CT molecular complexity index is 758. The van der Waals surface area contributed by atoms with Crippen molar-refractivity contribution < 1.29 is 14.4 Å². The Morgan fingerprint density at radius 2 is 1.78 bits per heavy atom. The van der Waals surface area contributed by atoms with Gasteiger partial charge in [0.2, 0.25) is 5.91 Å². The van der Waals surface area contributed by atoms with Crippen molar-refractivity contribution in [2.24, 2.45) is 0 Å². The minimum absolute atomic E-state index is 0.282. The number of thiazole rings is 1. The van der Waals surface area contributed by atoms with Crippen LogP contribution in [0.3, 0.4) is 0 Å². The Morgan fingerprint density at radius 3 is 2.30 bits per heavy atom. The van der Waals surface area contributed by atoms with Crippen LogP contribution in [0.5, 0.6) is 0 Å². The first kappa shape index (κ1) is 15.4. The molecule has 0 unspecified atom stereocenters. The third-order valence-corrected chi connectivity index (χ3v) is 4.76. The summed E-state index contributed by atoms with van der Waals surface area (Å²) in [6.07, 6.45) is 0. The molecule has 1 aliphatic heterocycles. The van der Waals surface area contributed by atoms with Gasteiger partial charge in [-0.3, -0.25) is 19.3 Å². The number of hydrogen-bond acceptors (Lipinski definition) is 5. The zero-order chi connectivity index (χ0) is 16.6. The molecule has 0 spiro atoms. The topological polar surface area (TPSA) is 79.4 Å². The van der Waals surface area contributed by atoms with Crippen molar-refractivity contribution >= 4 is 29.1 Å². The third-order valence-electron chi connectivity index (χ3n) is 3.69. The zero-order valence-electron chi connectivity index (χ0n) is 12.8. The van der Waals surface area contributed by atoms with E-state index in [-0.39, 0.29) is 12.5 Å². The number of fused-ring (bicyclic) bond motifs is 1. The number of nitrogens with zero attached hydrogens (tertiary/aromatic N) is 2. The van der Waals surface area contributed by atoms with Gasteiger partial charge in [0.15, 0.2) is 0 Å². The Morgan fingerprint density at radius 1 is 1.17 bits per heavy atom. The van der Waals surface area contributed by atoms with E-state index in [2.05, 4.69) is 10.3 Å². The molecule has 0 saturated carbocycles. The second-order valence-electron chi connectivity index (χ2n) is 5.27. The number of imide groups is 1. The predicted octanol–water partition coefficient (Wildman–Crippen LogP) is 1.67. The lowest BCUT2D eigenvalue weighted by Crippen LogP contribution is -2.40. The number of rotatable bonds is 4. The molecule has 0 bridgehead atoms. The maximum Gasteiger partial charge on any atom is 0.262 e. The van der Waals surface area contributed by atoms with Gasteiger partial charge in [0, 0.05) is 4.88 Å². The second-order valence-corrected chi connectivity index (χ2v) is 6.56. The van der Waals surface area contributed by atoms with Crippen LogP contribution in [0.2, 0.25) is 0 Å². The molecule has 0 fully saturated rings. The van der Waals surface area contributed by atoms with Gasteiger partial charge in [-0.1, -0.05) is 12.1 Å². The minimum atomic E-state index is -0.429. The fraction of sp³-hybridized carbons (Fsp3) is 0.250. The molecule has 6 nitrogen and oxygen atoms in total. The van der Waals surface area contributed by atoms with E-state index in [1.807, 2.05) is 13.8 Å². The highest BCUT2D eigenvalue weighted by molar-refractivity contribution is 7.11. The minimum Gasteiger partial charge on any atom is -0.348 e. The van der Waals surface area contributed by atoms with E-state index in [9.17, 15) is 14.4 Å². The standard InChI is InChI=1S/C16H15N3O3S/c1-9-10(2)23-14(18-9)7-17-13(20)8-19-15(21)11-5-3-4-6-12(11)16(19)22/h3-6H,7-8H2,1-2H3,(H,17,20). The molecule has 2 heterocycles. The van der Waals surface area contributed by atoms with Gasteiger partial charge in [-0.25, -0.2) is 4.98 Å². The average molecular weight is 329 g/mol. The summed E-state index contributed by atoms with van der Waals surface area (Å²) in [5.41, 5.74) is 1.63. The predicted molar refractivity (Wildman–Crippen MR) is 85.2 cm³/mol.